The Kier molecular flexibility index (Phi) is 4.15. The number of nitrogens with one attached hydrogen (secondary N) is 1. The van der Waals surface area contributed by atoms with E-state index in [9.17, 15) is 13.6 Å². The van der Waals surface area contributed by atoms with Crippen LogP contribution in [0, 0.1) is 17.0 Å². The molecule has 24 heavy (non-hydrogen) atoms. The summed E-state index contributed by atoms with van der Waals surface area (Å²) in [4.78, 5) is 12.3. The van der Waals surface area contributed by atoms with Crippen LogP contribution < -0.4 is 5.32 Å². The van der Waals surface area contributed by atoms with Gasteiger partial charge in [-0.15, -0.1) is 0 Å². The first-order valence-electron chi connectivity index (χ1n) is 8.10. The predicted octanol–water partition coefficient (Wildman–Crippen LogP) is 3.69. The van der Waals surface area contributed by atoms with Crippen molar-refractivity contribution in [2.45, 2.75) is 46.1 Å². The molecule has 6 heteroatoms. The number of hydrogen-bond acceptors (Lipinski definition) is 2. The minimum Gasteiger partial charge on any atom is -0.349 e. The van der Waals surface area contributed by atoms with E-state index >= 15 is 0 Å². The highest BCUT2D eigenvalue weighted by Gasteiger charge is 2.29. The molecule has 1 atom stereocenters. The molecule has 3 rings (SSSR count). The summed E-state index contributed by atoms with van der Waals surface area (Å²) in [5.41, 5.74) is 1.70. The number of hydrogen-bond donors (Lipinski definition) is 1. The molecule has 1 aromatic heterocycles. The number of halogens is 2. The lowest BCUT2D eigenvalue weighted by atomic mass is 9.90. The second-order valence-corrected chi connectivity index (χ2v) is 7.25. The molecule has 1 heterocycles. The molecule has 2 aromatic rings. The van der Waals surface area contributed by atoms with Gasteiger partial charge in [0.2, 0.25) is 5.91 Å². The van der Waals surface area contributed by atoms with Gasteiger partial charge in [-0.25, -0.2) is 13.5 Å². The topological polar surface area (TPSA) is 46.9 Å². The molecule has 1 N–H and O–H groups in total. The molecule has 0 bridgehead atoms. The van der Waals surface area contributed by atoms with E-state index in [1.165, 1.54) is 12.1 Å². The molecule has 128 valence electrons. The van der Waals surface area contributed by atoms with Crippen LogP contribution in [0.2, 0.25) is 0 Å². The molecule has 1 aliphatic carbocycles. The second kappa shape index (κ2) is 6.00. The summed E-state index contributed by atoms with van der Waals surface area (Å²) in [5.74, 6) is -1.30. The van der Waals surface area contributed by atoms with Crippen molar-refractivity contribution in [2.24, 2.45) is 5.41 Å². The highest BCUT2D eigenvalue weighted by Crippen LogP contribution is 2.32. The molecule has 0 radical (unpaired) electrons. The van der Waals surface area contributed by atoms with Crippen LogP contribution in [-0.4, -0.2) is 15.7 Å². The van der Waals surface area contributed by atoms with E-state index in [-0.39, 0.29) is 11.9 Å². The lowest BCUT2D eigenvalue weighted by Gasteiger charge is -2.27. The highest BCUT2D eigenvalue weighted by atomic mass is 19.1. The summed E-state index contributed by atoms with van der Waals surface area (Å²) < 4.78 is 28.6. The molecular formula is C18H21F2N3O. The van der Waals surface area contributed by atoms with E-state index in [2.05, 4.69) is 10.4 Å². The molecule has 1 aliphatic rings. The fraction of sp³-hybridized carbons (Fsp3) is 0.444. The van der Waals surface area contributed by atoms with Gasteiger partial charge in [-0.2, -0.15) is 5.10 Å². The second-order valence-electron chi connectivity index (χ2n) is 7.25. The first-order chi connectivity index (χ1) is 11.3. The molecule has 1 aromatic carbocycles. The van der Waals surface area contributed by atoms with E-state index in [1.807, 2.05) is 20.8 Å². The van der Waals surface area contributed by atoms with Gasteiger partial charge in [0, 0.05) is 22.7 Å². The van der Waals surface area contributed by atoms with E-state index in [0.717, 1.165) is 36.6 Å². The summed E-state index contributed by atoms with van der Waals surface area (Å²) in [6.45, 7) is 5.60. The molecule has 0 spiro atoms. The zero-order valence-electron chi connectivity index (χ0n) is 14.1. The maximum Gasteiger partial charge on any atom is 0.225 e. The quantitative estimate of drug-likeness (QED) is 0.911. The highest BCUT2D eigenvalue weighted by molar-refractivity contribution is 5.81. The Labute approximate surface area is 139 Å². The molecule has 0 saturated carbocycles. The number of benzene rings is 1. The first kappa shape index (κ1) is 16.6. The van der Waals surface area contributed by atoms with E-state index < -0.39 is 17.0 Å². The monoisotopic (exact) mass is 333 g/mol. The van der Waals surface area contributed by atoms with Gasteiger partial charge < -0.3 is 5.32 Å². The van der Waals surface area contributed by atoms with Gasteiger partial charge in [0.25, 0.3) is 0 Å². The van der Waals surface area contributed by atoms with Crippen LogP contribution in [0.3, 0.4) is 0 Å². The molecule has 4 nitrogen and oxygen atoms in total. The summed E-state index contributed by atoms with van der Waals surface area (Å²) in [5, 5.41) is 7.36. The fourth-order valence-electron chi connectivity index (χ4n) is 2.97. The Morgan fingerprint density at radius 2 is 1.92 bits per heavy atom. The SMILES string of the molecule is CC(C)(C)C(=O)N[C@@H]1CCCc2c1cnn2-c1cc(F)cc(F)c1. The van der Waals surface area contributed by atoms with Gasteiger partial charge in [0.1, 0.15) is 11.6 Å². The zero-order valence-corrected chi connectivity index (χ0v) is 14.1. The average Bonchev–Trinajstić information content (AvgIpc) is 2.90. The Morgan fingerprint density at radius 3 is 2.54 bits per heavy atom. The van der Waals surface area contributed by atoms with Crippen molar-refractivity contribution in [3.05, 3.63) is 47.3 Å². The number of fused-ring (bicyclic) bond motifs is 1. The van der Waals surface area contributed by atoms with Crippen molar-refractivity contribution < 1.29 is 13.6 Å². The smallest absolute Gasteiger partial charge is 0.225 e. The third kappa shape index (κ3) is 3.18. The number of nitrogens with zero attached hydrogens (tertiary/aromatic N) is 2. The van der Waals surface area contributed by atoms with E-state index in [4.69, 9.17) is 0 Å². The van der Waals surface area contributed by atoms with Crippen molar-refractivity contribution in [3.8, 4) is 5.69 Å². The maximum atomic E-state index is 13.5. The van der Waals surface area contributed by atoms with Crippen molar-refractivity contribution in [3.63, 3.8) is 0 Å². The number of amides is 1. The van der Waals surface area contributed by atoms with Crippen LogP contribution in [0.5, 0.6) is 0 Å². The van der Waals surface area contributed by atoms with Crippen molar-refractivity contribution in [1.82, 2.24) is 15.1 Å². The molecule has 0 unspecified atom stereocenters. The van der Waals surface area contributed by atoms with Gasteiger partial charge in [0.05, 0.1) is 17.9 Å². The molecule has 0 saturated heterocycles. The minimum atomic E-state index is -0.636. The lowest BCUT2D eigenvalue weighted by Crippen LogP contribution is -2.38. The normalized spacial score (nSPS) is 17.5. The van der Waals surface area contributed by atoms with Crippen LogP contribution in [0.1, 0.15) is 50.9 Å². The molecule has 0 aliphatic heterocycles. The Hall–Kier alpha value is -2.24. The van der Waals surface area contributed by atoms with Gasteiger partial charge in [-0.05, 0) is 31.4 Å². The van der Waals surface area contributed by atoms with Gasteiger partial charge in [-0.1, -0.05) is 20.8 Å². The predicted molar refractivity (Wildman–Crippen MR) is 86.8 cm³/mol. The van der Waals surface area contributed by atoms with Crippen molar-refractivity contribution >= 4 is 5.91 Å². The summed E-state index contributed by atoms with van der Waals surface area (Å²) in [6.07, 6.45) is 4.16. The van der Waals surface area contributed by atoms with Gasteiger partial charge in [-0.3, -0.25) is 4.79 Å². The largest absolute Gasteiger partial charge is 0.349 e. The third-order valence-corrected chi connectivity index (χ3v) is 4.26. The van der Waals surface area contributed by atoms with Crippen LogP contribution >= 0.6 is 0 Å². The number of carbonyl (C=O) groups is 1. The van der Waals surface area contributed by atoms with Gasteiger partial charge in [0.15, 0.2) is 0 Å². The van der Waals surface area contributed by atoms with Crippen molar-refractivity contribution in [2.75, 3.05) is 0 Å². The van der Waals surface area contributed by atoms with Crippen LogP contribution in [0.15, 0.2) is 24.4 Å². The molecule has 0 fully saturated rings. The fourth-order valence-corrected chi connectivity index (χ4v) is 2.97. The Balaban J connectivity index is 1.94. The maximum absolute atomic E-state index is 13.5. The lowest BCUT2D eigenvalue weighted by molar-refractivity contribution is -0.129. The van der Waals surface area contributed by atoms with Crippen molar-refractivity contribution in [1.29, 1.82) is 0 Å². The molecular weight excluding hydrogens is 312 g/mol. The van der Waals surface area contributed by atoms with Gasteiger partial charge >= 0.3 is 0 Å². The number of rotatable bonds is 2. The number of carbonyl (C=O) groups excluding carboxylic acids is 1. The third-order valence-electron chi connectivity index (χ3n) is 4.26. The Morgan fingerprint density at radius 1 is 1.25 bits per heavy atom. The summed E-state index contributed by atoms with van der Waals surface area (Å²) >= 11 is 0. The minimum absolute atomic E-state index is 0.0232. The summed E-state index contributed by atoms with van der Waals surface area (Å²) in [6, 6.07) is 3.24. The van der Waals surface area contributed by atoms with E-state index in [0.29, 0.717) is 5.69 Å². The van der Waals surface area contributed by atoms with Crippen LogP contribution in [0.4, 0.5) is 8.78 Å². The standard InChI is InChI=1S/C18H21F2N3O/c1-18(2,3)17(24)22-15-5-4-6-16-14(15)10-21-23(16)13-8-11(19)7-12(20)9-13/h7-10,15H,4-6H2,1-3H3,(H,22,24)/t15-/m1/s1. The zero-order chi connectivity index (χ0) is 17.5. The van der Waals surface area contributed by atoms with Crippen LogP contribution in [0.25, 0.3) is 5.69 Å². The van der Waals surface area contributed by atoms with E-state index in [1.54, 1.807) is 10.9 Å². The average molecular weight is 333 g/mol. The summed E-state index contributed by atoms with van der Waals surface area (Å²) in [7, 11) is 0. The first-order valence-corrected chi connectivity index (χ1v) is 8.10. The van der Waals surface area contributed by atoms with Crippen LogP contribution in [-0.2, 0) is 11.2 Å². The number of aromatic nitrogens is 2. The Bertz CT molecular complexity index is 757. The molecule has 1 amide bonds.